The molecule has 1 saturated carbocycles. The van der Waals surface area contributed by atoms with Crippen LogP contribution in [0, 0.1) is 11.7 Å². The molecule has 0 bridgehead atoms. The van der Waals surface area contributed by atoms with Crippen molar-refractivity contribution in [1.29, 1.82) is 0 Å². The Kier molecular flexibility index (Phi) is 7.40. The van der Waals surface area contributed by atoms with E-state index in [0.29, 0.717) is 29.6 Å². The normalized spacial score (nSPS) is 24.6. The lowest BCUT2D eigenvalue weighted by atomic mass is 9.85. The fourth-order valence-electron chi connectivity index (χ4n) is 4.84. The molecular formula is C23H30ClFN4O3S. The zero-order valence-electron chi connectivity index (χ0n) is 19.0. The molecule has 1 saturated heterocycles. The van der Waals surface area contributed by atoms with Gasteiger partial charge in [0.25, 0.3) is 0 Å². The lowest BCUT2D eigenvalue weighted by Gasteiger charge is -2.46. The first-order chi connectivity index (χ1) is 15.7. The predicted molar refractivity (Wildman–Crippen MR) is 126 cm³/mol. The summed E-state index contributed by atoms with van der Waals surface area (Å²) in [5, 5.41) is 0.542. The first-order valence-corrected chi connectivity index (χ1v) is 13.6. The largest absolute Gasteiger partial charge is 0.490 e. The molecule has 1 aromatic heterocycles. The third-order valence-corrected chi connectivity index (χ3v) is 7.97. The first kappa shape index (κ1) is 24.2. The fourth-order valence-corrected chi connectivity index (χ4v) is 5.57. The molecule has 10 heteroatoms. The molecule has 0 N–H and O–H groups in total. The number of aromatic nitrogens is 2. The molecule has 2 aromatic rings. The van der Waals surface area contributed by atoms with Crippen LogP contribution >= 0.6 is 11.6 Å². The number of ether oxygens (including phenoxy) is 1. The van der Waals surface area contributed by atoms with E-state index in [9.17, 15) is 12.8 Å². The fraction of sp³-hybridized carbons (Fsp3) is 0.565. The third-order valence-electron chi connectivity index (χ3n) is 6.66. The van der Waals surface area contributed by atoms with Crippen LogP contribution in [-0.4, -0.2) is 67.9 Å². The number of piperazine rings is 1. The number of rotatable bonds is 6. The second kappa shape index (κ2) is 10.1. The van der Waals surface area contributed by atoms with Crippen LogP contribution in [0.25, 0.3) is 0 Å². The molecule has 0 spiro atoms. The van der Waals surface area contributed by atoms with Gasteiger partial charge in [0.05, 0.1) is 28.9 Å². The van der Waals surface area contributed by atoms with E-state index >= 15 is 0 Å². The predicted octanol–water partition coefficient (Wildman–Crippen LogP) is 3.82. The lowest BCUT2D eigenvalue weighted by Crippen LogP contribution is -2.56. The van der Waals surface area contributed by atoms with E-state index in [1.807, 2.05) is 0 Å². The summed E-state index contributed by atoms with van der Waals surface area (Å²) in [6.45, 7) is 5.43. The number of hydrogen-bond donors (Lipinski definition) is 0. The molecule has 0 unspecified atom stereocenters. The van der Waals surface area contributed by atoms with Crippen LogP contribution in [0.5, 0.6) is 5.75 Å². The van der Waals surface area contributed by atoms with Crippen LogP contribution in [-0.2, 0) is 9.84 Å². The van der Waals surface area contributed by atoms with Gasteiger partial charge in [0, 0.05) is 38.0 Å². The molecule has 4 rings (SSSR count). The van der Waals surface area contributed by atoms with Gasteiger partial charge in [-0.2, -0.15) is 0 Å². The maximum atomic E-state index is 14.2. The van der Waals surface area contributed by atoms with Gasteiger partial charge >= 0.3 is 0 Å². The number of benzene rings is 1. The number of hydrogen-bond acceptors (Lipinski definition) is 7. The van der Waals surface area contributed by atoms with Crippen molar-refractivity contribution in [3.8, 4) is 5.75 Å². The molecule has 33 heavy (non-hydrogen) atoms. The Morgan fingerprint density at radius 2 is 1.85 bits per heavy atom. The van der Waals surface area contributed by atoms with Crippen molar-refractivity contribution in [3.63, 3.8) is 0 Å². The van der Waals surface area contributed by atoms with Crippen molar-refractivity contribution >= 4 is 27.4 Å². The summed E-state index contributed by atoms with van der Waals surface area (Å²) in [4.78, 5) is 13.5. The molecule has 0 radical (unpaired) electrons. The summed E-state index contributed by atoms with van der Waals surface area (Å²) in [6, 6.07) is 4.76. The summed E-state index contributed by atoms with van der Waals surface area (Å²) in [7, 11) is -3.44. The number of halogens is 2. The van der Waals surface area contributed by atoms with Gasteiger partial charge in [-0.15, -0.1) is 0 Å². The highest BCUT2D eigenvalue weighted by Crippen LogP contribution is 2.31. The van der Waals surface area contributed by atoms with E-state index in [1.165, 1.54) is 12.1 Å². The molecule has 180 valence electrons. The van der Waals surface area contributed by atoms with E-state index in [2.05, 4.69) is 26.7 Å². The molecule has 1 aliphatic carbocycles. The Labute approximate surface area is 199 Å². The van der Waals surface area contributed by atoms with E-state index in [-0.39, 0.29) is 10.6 Å². The summed E-state index contributed by atoms with van der Waals surface area (Å²) in [5.41, 5.74) is 0. The molecule has 2 fully saturated rings. The van der Waals surface area contributed by atoms with Gasteiger partial charge < -0.3 is 9.64 Å². The van der Waals surface area contributed by atoms with Crippen LogP contribution in [0.1, 0.15) is 32.6 Å². The summed E-state index contributed by atoms with van der Waals surface area (Å²) >= 11 is 5.90. The molecule has 2 heterocycles. The Bertz CT molecular complexity index is 1060. The minimum Gasteiger partial charge on any atom is -0.490 e. The Morgan fingerprint density at radius 3 is 2.45 bits per heavy atom. The van der Waals surface area contributed by atoms with Crippen molar-refractivity contribution in [1.82, 2.24) is 14.9 Å². The Hall–Kier alpha value is -1.97. The highest BCUT2D eigenvalue weighted by molar-refractivity contribution is 7.90. The van der Waals surface area contributed by atoms with E-state index in [4.69, 9.17) is 16.3 Å². The average molecular weight is 497 g/mol. The molecule has 1 aliphatic heterocycles. The van der Waals surface area contributed by atoms with Crippen molar-refractivity contribution in [2.45, 2.75) is 49.6 Å². The zero-order chi connectivity index (χ0) is 23.6. The molecule has 1 atom stereocenters. The van der Waals surface area contributed by atoms with Crippen LogP contribution < -0.4 is 9.64 Å². The van der Waals surface area contributed by atoms with Crippen molar-refractivity contribution < 1.29 is 17.5 Å². The quantitative estimate of drug-likeness (QED) is 0.601. The average Bonchev–Trinajstić information content (AvgIpc) is 2.78. The van der Waals surface area contributed by atoms with Gasteiger partial charge in [-0.3, -0.25) is 4.90 Å². The van der Waals surface area contributed by atoms with Gasteiger partial charge in [0.15, 0.2) is 21.4 Å². The van der Waals surface area contributed by atoms with Crippen LogP contribution in [0.2, 0.25) is 5.02 Å². The molecule has 0 amide bonds. The second-order valence-corrected chi connectivity index (χ2v) is 11.5. The van der Waals surface area contributed by atoms with E-state index in [0.717, 1.165) is 63.6 Å². The molecule has 1 aromatic carbocycles. The maximum absolute atomic E-state index is 14.2. The highest BCUT2D eigenvalue weighted by Gasteiger charge is 2.33. The van der Waals surface area contributed by atoms with E-state index in [1.54, 1.807) is 12.4 Å². The molecular weight excluding hydrogens is 467 g/mol. The lowest BCUT2D eigenvalue weighted by molar-refractivity contribution is 0.0773. The van der Waals surface area contributed by atoms with Gasteiger partial charge in [0.2, 0.25) is 5.95 Å². The number of sulfone groups is 1. The van der Waals surface area contributed by atoms with Gasteiger partial charge in [-0.1, -0.05) is 11.6 Å². The molecule has 2 aliphatic rings. The summed E-state index contributed by atoms with van der Waals surface area (Å²) in [6.07, 6.45) is 8.57. The Morgan fingerprint density at radius 1 is 1.15 bits per heavy atom. The Balaban J connectivity index is 1.25. The smallest absolute Gasteiger partial charge is 0.225 e. The highest BCUT2D eigenvalue weighted by atomic mass is 35.5. The zero-order valence-corrected chi connectivity index (χ0v) is 20.5. The van der Waals surface area contributed by atoms with Gasteiger partial charge in [-0.05, 0) is 56.7 Å². The van der Waals surface area contributed by atoms with Gasteiger partial charge in [-0.25, -0.2) is 22.8 Å². The minimum atomic E-state index is -3.44. The molecule has 7 nitrogen and oxygen atoms in total. The number of anilines is 1. The van der Waals surface area contributed by atoms with Crippen LogP contribution in [0.3, 0.4) is 0 Å². The minimum absolute atomic E-state index is 0.0373. The topological polar surface area (TPSA) is 75.6 Å². The van der Waals surface area contributed by atoms with E-state index < -0.39 is 15.7 Å². The standard InChI is InChI=1S/C23H30ClFN4O3S/c1-16-14-28(23-26-12-18(24)13-27-23)9-10-29(16)19-5-3-17(4-6-19)15-32-22-8-7-20(11-21(22)25)33(2,30)31/h7-8,11-13,16-17,19H,3-6,9-10,14-15H2,1-2H3/t16-,17-,19-/m1/s1. The van der Waals surface area contributed by atoms with Crippen molar-refractivity contribution in [2.75, 3.05) is 37.4 Å². The van der Waals surface area contributed by atoms with Crippen LogP contribution in [0.15, 0.2) is 35.5 Å². The summed E-state index contributed by atoms with van der Waals surface area (Å²) < 4.78 is 43.1. The third kappa shape index (κ3) is 5.94. The van der Waals surface area contributed by atoms with Crippen molar-refractivity contribution in [2.24, 2.45) is 5.92 Å². The van der Waals surface area contributed by atoms with Gasteiger partial charge in [0.1, 0.15) is 0 Å². The summed E-state index contributed by atoms with van der Waals surface area (Å²) in [5.74, 6) is 0.569. The van der Waals surface area contributed by atoms with Crippen LogP contribution in [0.4, 0.5) is 10.3 Å². The second-order valence-electron chi connectivity index (χ2n) is 9.08. The maximum Gasteiger partial charge on any atom is 0.225 e. The SMILES string of the molecule is C[C@@H]1CN(c2ncc(Cl)cn2)CCN1[C@H]1CC[C@H](COc2ccc(S(C)(=O)=O)cc2F)CC1. The first-order valence-electron chi connectivity index (χ1n) is 11.3. The number of nitrogens with zero attached hydrogens (tertiary/aromatic N) is 4. The van der Waals surface area contributed by atoms with Crippen molar-refractivity contribution in [3.05, 3.63) is 41.4 Å². The monoisotopic (exact) mass is 496 g/mol.